The van der Waals surface area contributed by atoms with Gasteiger partial charge in [-0.25, -0.2) is 4.68 Å². The van der Waals surface area contributed by atoms with Gasteiger partial charge in [-0.05, 0) is 31.4 Å². The molecule has 3 heterocycles. The fourth-order valence-corrected chi connectivity index (χ4v) is 3.50. The molecule has 0 saturated carbocycles. The first kappa shape index (κ1) is 12.6. The smallest absolute Gasteiger partial charge is 0.260 e. The van der Waals surface area contributed by atoms with Gasteiger partial charge >= 0.3 is 0 Å². The first-order valence-corrected chi connectivity index (χ1v) is 7.33. The average Bonchev–Trinajstić information content (AvgIpc) is 2.89. The lowest BCUT2D eigenvalue weighted by Crippen LogP contribution is -2.27. The van der Waals surface area contributed by atoms with Crippen molar-refractivity contribution in [2.75, 3.05) is 6.61 Å². The summed E-state index contributed by atoms with van der Waals surface area (Å²) >= 11 is 0. The first-order chi connectivity index (χ1) is 10.2. The van der Waals surface area contributed by atoms with Crippen LogP contribution in [0.1, 0.15) is 17.5 Å². The molecule has 21 heavy (non-hydrogen) atoms. The number of fused-ring (bicyclic) bond motifs is 2. The molecule has 4 rings (SSSR count). The van der Waals surface area contributed by atoms with Crippen molar-refractivity contribution in [2.24, 2.45) is 0 Å². The van der Waals surface area contributed by atoms with Crippen LogP contribution in [0.2, 0.25) is 0 Å². The predicted molar refractivity (Wildman–Crippen MR) is 81.6 cm³/mol. The molecule has 0 radical (unpaired) electrons. The molecule has 0 fully saturated rings. The Morgan fingerprint density at radius 3 is 2.95 bits per heavy atom. The Hall–Kier alpha value is -2.14. The van der Waals surface area contributed by atoms with E-state index >= 15 is 0 Å². The van der Waals surface area contributed by atoms with Crippen molar-refractivity contribution in [3.8, 4) is 0 Å². The number of nitrogens with zero attached hydrogens (tertiary/aromatic N) is 3. The molecule has 5 heteroatoms. The first-order valence-electron chi connectivity index (χ1n) is 7.33. The molecular formula is C16H17N3O2. The van der Waals surface area contributed by atoms with Crippen molar-refractivity contribution in [1.29, 1.82) is 0 Å². The van der Waals surface area contributed by atoms with Gasteiger partial charge in [0.25, 0.3) is 5.56 Å². The van der Waals surface area contributed by atoms with E-state index in [1.165, 1.54) is 0 Å². The van der Waals surface area contributed by atoms with Crippen LogP contribution in [0.4, 0.5) is 0 Å². The molecule has 0 atom stereocenters. The van der Waals surface area contributed by atoms with Gasteiger partial charge in [0, 0.05) is 35.9 Å². The minimum absolute atomic E-state index is 0.0573. The van der Waals surface area contributed by atoms with Crippen molar-refractivity contribution >= 4 is 21.8 Å². The van der Waals surface area contributed by atoms with Gasteiger partial charge in [-0.3, -0.25) is 9.36 Å². The van der Waals surface area contributed by atoms with Gasteiger partial charge in [0.1, 0.15) is 5.65 Å². The third kappa shape index (κ3) is 1.67. The molecule has 0 saturated heterocycles. The number of hydrogen-bond donors (Lipinski definition) is 1. The Morgan fingerprint density at radius 2 is 2.14 bits per heavy atom. The zero-order chi connectivity index (χ0) is 14.6. The predicted octanol–water partition coefficient (Wildman–Crippen LogP) is 1.60. The van der Waals surface area contributed by atoms with E-state index in [2.05, 4.69) is 11.2 Å². The summed E-state index contributed by atoms with van der Waals surface area (Å²) in [6.45, 7) is 3.68. The average molecular weight is 283 g/mol. The summed E-state index contributed by atoms with van der Waals surface area (Å²) in [5.74, 6) is 0. The molecule has 5 nitrogen and oxygen atoms in total. The van der Waals surface area contributed by atoms with E-state index in [9.17, 15) is 9.90 Å². The maximum absolute atomic E-state index is 12.8. The number of pyridine rings is 1. The zero-order valence-electron chi connectivity index (χ0n) is 12.0. The van der Waals surface area contributed by atoms with Crippen LogP contribution in [-0.2, 0) is 19.5 Å². The van der Waals surface area contributed by atoms with Crippen molar-refractivity contribution in [1.82, 2.24) is 14.3 Å². The normalized spacial score (nSPS) is 14.2. The molecule has 1 N–H and O–H groups in total. The molecule has 0 aliphatic carbocycles. The monoisotopic (exact) mass is 283 g/mol. The minimum Gasteiger partial charge on any atom is -0.396 e. The summed E-state index contributed by atoms with van der Waals surface area (Å²) in [5, 5.41) is 16.5. The topological polar surface area (TPSA) is 60.0 Å². The Kier molecular flexibility index (Phi) is 2.65. The van der Waals surface area contributed by atoms with Gasteiger partial charge in [0.15, 0.2) is 0 Å². The maximum Gasteiger partial charge on any atom is 0.260 e. The van der Waals surface area contributed by atoms with E-state index in [1.54, 1.807) is 0 Å². The van der Waals surface area contributed by atoms with Crippen molar-refractivity contribution in [3.05, 3.63) is 39.8 Å². The number of aliphatic hydroxyl groups is 1. The zero-order valence-corrected chi connectivity index (χ0v) is 12.0. The molecule has 0 amide bonds. The lowest BCUT2D eigenvalue weighted by Gasteiger charge is -2.18. The molecule has 0 spiro atoms. The fraction of sp³-hybridized carbons (Fsp3) is 0.375. The largest absolute Gasteiger partial charge is 0.396 e. The highest BCUT2D eigenvalue weighted by atomic mass is 16.3. The van der Waals surface area contributed by atoms with Crippen molar-refractivity contribution in [2.45, 2.75) is 32.9 Å². The van der Waals surface area contributed by atoms with E-state index in [4.69, 9.17) is 0 Å². The number of rotatable bonds is 2. The van der Waals surface area contributed by atoms with Gasteiger partial charge < -0.3 is 5.11 Å². The number of aliphatic hydroxyl groups excluding tert-OH is 1. The van der Waals surface area contributed by atoms with Gasteiger partial charge in [-0.2, -0.15) is 5.10 Å². The van der Waals surface area contributed by atoms with Crippen molar-refractivity contribution in [3.63, 3.8) is 0 Å². The molecule has 1 aliphatic heterocycles. The molecule has 0 bridgehead atoms. The molecule has 1 aliphatic rings. The molecule has 0 unspecified atom stereocenters. The summed E-state index contributed by atoms with van der Waals surface area (Å²) in [7, 11) is 0. The lowest BCUT2D eigenvalue weighted by molar-refractivity contribution is 0.300. The molecular weight excluding hydrogens is 266 g/mol. The Bertz CT molecular complexity index is 921. The fourth-order valence-electron chi connectivity index (χ4n) is 3.50. The van der Waals surface area contributed by atoms with Gasteiger partial charge in [0.2, 0.25) is 0 Å². The Balaban J connectivity index is 2.26. The van der Waals surface area contributed by atoms with Crippen LogP contribution in [0.25, 0.3) is 21.8 Å². The second-order valence-electron chi connectivity index (χ2n) is 5.74. The molecule has 3 aromatic rings. The van der Waals surface area contributed by atoms with Crippen LogP contribution in [0, 0.1) is 6.92 Å². The summed E-state index contributed by atoms with van der Waals surface area (Å²) in [4.78, 5) is 12.8. The van der Waals surface area contributed by atoms with E-state index in [1.807, 2.05) is 28.4 Å². The number of benzene rings is 1. The van der Waals surface area contributed by atoms with Gasteiger partial charge in [-0.15, -0.1) is 0 Å². The second-order valence-corrected chi connectivity index (χ2v) is 5.74. The van der Waals surface area contributed by atoms with Gasteiger partial charge in [-0.1, -0.05) is 11.6 Å². The van der Waals surface area contributed by atoms with Crippen LogP contribution < -0.4 is 5.56 Å². The third-order valence-electron chi connectivity index (χ3n) is 4.31. The number of aromatic nitrogens is 3. The van der Waals surface area contributed by atoms with Gasteiger partial charge in [0.05, 0.1) is 6.20 Å². The standard InChI is InChI=1S/C16H17N3O2/c1-10-7-11(3-6-20)14-12(8-10)16(21)18-4-2-5-19-15(18)13(14)9-17-19/h7-9,20H,2-6H2,1H3. The van der Waals surface area contributed by atoms with E-state index in [0.717, 1.165) is 52.4 Å². The second kappa shape index (κ2) is 4.43. The van der Waals surface area contributed by atoms with Crippen LogP contribution in [-0.4, -0.2) is 26.1 Å². The van der Waals surface area contributed by atoms with Crippen LogP contribution in [0.5, 0.6) is 0 Å². The summed E-state index contributed by atoms with van der Waals surface area (Å²) in [6, 6.07) is 4.01. The van der Waals surface area contributed by atoms with E-state index < -0.39 is 0 Å². The quantitative estimate of drug-likeness (QED) is 0.777. The summed E-state index contributed by atoms with van der Waals surface area (Å²) in [5.41, 5.74) is 3.06. The highest BCUT2D eigenvalue weighted by Crippen LogP contribution is 2.29. The van der Waals surface area contributed by atoms with Crippen LogP contribution in [0.3, 0.4) is 0 Å². The van der Waals surface area contributed by atoms with E-state index in [-0.39, 0.29) is 12.2 Å². The van der Waals surface area contributed by atoms with Crippen LogP contribution >= 0.6 is 0 Å². The van der Waals surface area contributed by atoms with Crippen LogP contribution in [0.15, 0.2) is 23.1 Å². The lowest BCUT2D eigenvalue weighted by atomic mass is 9.98. The number of hydrogen-bond acceptors (Lipinski definition) is 3. The highest BCUT2D eigenvalue weighted by Gasteiger charge is 2.20. The Morgan fingerprint density at radius 1 is 1.29 bits per heavy atom. The molecule has 108 valence electrons. The van der Waals surface area contributed by atoms with E-state index in [0.29, 0.717) is 6.42 Å². The summed E-state index contributed by atoms with van der Waals surface area (Å²) in [6.07, 6.45) is 3.35. The van der Waals surface area contributed by atoms with Crippen molar-refractivity contribution < 1.29 is 5.11 Å². The SMILES string of the molecule is Cc1cc(CCO)c2c(c1)c(=O)n1c3c2cnn3CCC1. The Labute approximate surface area is 121 Å². The third-order valence-corrected chi connectivity index (χ3v) is 4.31. The molecule has 1 aromatic carbocycles. The number of aryl methyl sites for hydroxylation is 3. The minimum atomic E-state index is 0.0573. The molecule has 2 aromatic heterocycles. The highest BCUT2D eigenvalue weighted by molar-refractivity contribution is 6.06. The summed E-state index contributed by atoms with van der Waals surface area (Å²) < 4.78 is 3.76. The maximum atomic E-state index is 12.8.